The zero-order chi connectivity index (χ0) is 10.4. The van der Waals surface area contributed by atoms with E-state index in [1.165, 1.54) is 0 Å². The number of nitriles is 1. The van der Waals surface area contributed by atoms with Crippen LogP contribution in [0.2, 0.25) is 0 Å². The second kappa shape index (κ2) is 5.79. The van der Waals surface area contributed by atoms with E-state index in [1.54, 1.807) is 6.08 Å². The minimum Gasteiger partial charge on any atom is -0.304 e. The van der Waals surface area contributed by atoms with E-state index in [4.69, 9.17) is 5.26 Å². The first-order valence-corrected chi connectivity index (χ1v) is 5.26. The zero-order valence-corrected chi connectivity index (χ0v) is 9.11. The van der Waals surface area contributed by atoms with E-state index in [9.17, 15) is 0 Å². The van der Waals surface area contributed by atoms with Crippen molar-refractivity contribution in [2.75, 3.05) is 33.2 Å². The van der Waals surface area contributed by atoms with E-state index in [2.05, 4.69) is 29.8 Å². The molecule has 0 radical (unpaired) electrons. The van der Waals surface area contributed by atoms with Crippen LogP contribution < -0.4 is 0 Å². The van der Waals surface area contributed by atoms with Gasteiger partial charge < -0.3 is 4.90 Å². The fourth-order valence-electron chi connectivity index (χ4n) is 1.82. The predicted molar refractivity (Wildman–Crippen MR) is 57.9 cm³/mol. The molecule has 0 saturated carbocycles. The van der Waals surface area contributed by atoms with Gasteiger partial charge in [-0.05, 0) is 13.5 Å². The van der Waals surface area contributed by atoms with Crippen LogP contribution in [0.4, 0.5) is 0 Å². The smallest absolute Gasteiger partial charge is 0.0909 e. The van der Waals surface area contributed by atoms with Gasteiger partial charge in [-0.25, -0.2) is 0 Å². The summed E-state index contributed by atoms with van der Waals surface area (Å²) < 4.78 is 0. The topological polar surface area (TPSA) is 30.3 Å². The molecule has 0 aromatic carbocycles. The molecule has 1 rings (SSSR count). The highest BCUT2D eigenvalue weighted by Gasteiger charge is 2.18. The SMILES string of the molecule is CCC(C=CC#N)N1CCN(C)CC1. The van der Waals surface area contributed by atoms with Crippen LogP contribution in [0.1, 0.15) is 13.3 Å². The molecule has 3 heteroatoms. The van der Waals surface area contributed by atoms with Crippen molar-refractivity contribution in [1.29, 1.82) is 5.26 Å². The molecule has 3 nitrogen and oxygen atoms in total. The first-order valence-electron chi connectivity index (χ1n) is 5.26. The summed E-state index contributed by atoms with van der Waals surface area (Å²) in [6.07, 6.45) is 4.71. The van der Waals surface area contributed by atoms with Gasteiger partial charge in [-0.2, -0.15) is 5.26 Å². The van der Waals surface area contributed by atoms with Crippen LogP contribution in [0.25, 0.3) is 0 Å². The molecule has 0 N–H and O–H groups in total. The van der Waals surface area contributed by atoms with Crippen molar-refractivity contribution in [1.82, 2.24) is 9.80 Å². The minimum absolute atomic E-state index is 0.448. The molecule has 0 amide bonds. The monoisotopic (exact) mass is 193 g/mol. The molecule has 1 atom stereocenters. The fourth-order valence-corrected chi connectivity index (χ4v) is 1.82. The van der Waals surface area contributed by atoms with Gasteiger partial charge >= 0.3 is 0 Å². The van der Waals surface area contributed by atoms with E-state index >= 15 is 0 Å². The van der Waals surface area contributed by atoms with Crippen molar-refractivity contribution in [3.05, 3.63) is 12.2 Å². The van der Waals surface area contributed by atoms with E-state index in [0.717, 1.165) is 32.6 Å². The zero-order valence-electron chi connectivity index (χ0n) is 9.11. The lowest BCUT2D eigenvalue weighted by atomic mass is 10.1. The van der Waals surface area contributed by atoms with Gasteiger partial charge in [0.15, 0.2) is 0 Å². The summed E-state index contributed by atoms with van der Waals surface area (Å²) in [6.45, 7) is 6.67. The lowest BCUT2D eigenvalue weighted by Crippen LogP contribution is -2.48. The molecule has 0 bridgehead atoms. The van der Waals surface area contributed by atoms with E-state index < -0.39 is 0 Å². The predicted octanol–water partition coefficient (Wildman–Crippen LogP) is 1.09. The highest BCUT2D eigenvalue weighted by atomic mass is 15.3. The summed E-state index contributed by atoms with van der Waals surface area (Å²) in [5.74, 6) is 0. The van der Waals surface area contributed by atoms with Gasteiger partial charge in [-0.3, -0.25) is 4.90 Å². The quantitative estimate of drug-likeness (QED) is 0.629. The average Bonchev–Trinajstić information content (AvgIpc) is 2.21. The molecule has 1 heterocycles. The molecule has 0 aliphatic carbocycles. The Balaban J connectivity index is 2.45. The Morgan fingerprint density at radius 1 is 1.36 bits per heavy atom. The van der Waals surface area contributed by atoms with Gasteiger partial charge in [-0.15, -0.1) is 0 Å². The molecule has 1 fully saturated rings. The van der Waals surface area contributed by atoms with Crippen LogP contribution in [-0.2, 0) is 0 Å². The maximum absolute atomic E-state index is 8.49. The number of piperazine rings is 1. The van der Waals surface area contributed by atoms with E-state index in [-0.39, 0.29) is 0 Å². The molecule has 78 valence electrons. The Labute approximate surface area is 86.6 Å². The van der Waals surface area contributed by atoms with Crippen molar-refractivity contribution in [3.63, 3.8) is 0 Å². The van der Waals surface area contributed by atoms with Crippen molar-refractivity contribution < 1.29 is 0 Å². The third-order valence-electron chi connectivity index (χ3n) is 2.82. The van der Waals surface area contributed by atoms with Crippen LogP contribution in [0.5, 0.6) is 0 Å². The lowest BCUT2D eigenvalue weighted by molar-refractivity contribution is 0.128. The Bertz CT molecular complexity index is 221. The van der Waals surface area contributed by atoms with Gasteiger partial charge in [0.25, 0.3) is 0 Å². The second-order valence-corrected chi connectivity index (χ2v) is 3.80. The highest BCUT2D eigenvalue weighted by molar-refractivity contribution is 5.06. The van der Waals surface area contributed by atoms with Crippen molar-refractivity contribution in [3.8, 4) is 6.07 Å². The van der Waals surface area contributed by atoms with Crippen LogP contribution >= 0.6 is 0 Å². The average molecular weight is 193 g/mol. The Morgan fingerprint density at radius 3 is 2.50 bits per heavy atom. The van der Waals surface area contributed by atoms with Gasteiger partial charge in [0.05, 0.1) is 6.07 Å². The summed E-state index contributed by atoms with van der Waals surface area (Å²) in [5.41, 5.74) is 0. The first-order chi connectivity index (χ1) is 6.77. The minimum atomic E-state index is 0.448. The lowest BCUT2D eigenvalue weighted by Gasteiger charge is -2.36. The molecule has 1 saturated heterocycles. The summed E-state index contributed by atoms with van der Waals surface area (Å²) in [4.78, 5) is 4.80. The van der Waals surface area contributed by atoms with E-state index in [1.807, 2.05) is 6.08 Å². The summed E-state index contributed by atoms with van der Waals surface area (Å²) in [5, 5.41) is 8.49. The maximum atomic E-state index is 8.49. The molecule has 0 aromatic rings. The third-order valence-corrected chi connectivity index (χ3v) is 2.82. The van der Waals surface area contributed by atoms with Crippen molar-refractivity contribution >= 4 is 0 Å². The maximum Gasteiger partial charge on any atom is 0.0909 e. The number of hydrogen-bond acceptors (Lipinski definition) is 3. The number of likely N-dealkylation sites (N-methyl/N-ethyl adjacent to an activating group) is 1. The van der Waals surface area contributed by atoms with Crippen LogP contribution in [-0.4, -0.2) is 49.1 Å². The molecule has 1 aliphatic heterocycles. The van der Waals surface area contributed by atoms with Crippen LogP contribution in [0.15, 0.2) is 12.2 Å². The van der Waals surface area contributed by atoms with Crippen molar-refractivity contribution in [2.24, 2.45) is 0 Å². The number of nitrogens with zero attached hydrogens (tertiary/aromatic N) is 3. The molecule has 0 aromatic heterocycles. The summed E-state index contributed by atoms with van der Waals surface area (Å²) in [7, 11) is 2.16. The Hall–Kier alpha value is -0.850. The molecule has 0 spiro atoms. The largest absolute Gasteiger partial charge is 0.304 e. The van der Waals surface area contributed by atoms with Gasteiger partial charge in [0.1, 0.15) is 0 Å². The number of allylic oxidation sites excluding steroid dienone is 1. The molecule has 14 heavy (non-hydrogen) atoms. The van der Waals surface area contributed by atoms with Crippen molar-refractivity contribution in [2.45, 2.75) is 19.4 Å². The number of rotatable bonds is 3. The first kappa shape index (κ1) is 11.2. The molecule has 1 unspecified atom stereocenters. The molecule has 1 aliphatic rings. The van der Waals surface area contributed by atoms with Crippen LogP contribution in [0, 0.1) is 11.3 Å². The van der Waals surface area contributed by atoms with Gasteiger partial charge in [0, 0.05) is 38.3 Å². The fraction of sp³-hybridized carbons (Fsp3) is 0.727. The summed E-state index contributed by atoms with van der Waals surface area (Å²) >= 11 is 0. The van der Waals surface area contributed by atoms with Gasteiger partial charge in [-0.1, -0.05) is 13.0 Å². The Kier molecular flexibility index (Phi) is 4.64. The highest BCUT2D eigenvalue weighted by Crippen LogP contribution is 2.09. The van der Waals surface area contributed by atoms with Crippen LogP contribution in [0.3, 0.4) is 0 Å². The van der Waals surface area contributed by atoms with E-state index in [0.29, 0.717) is 6.04 Å². The standard InChI is InChI=1S/C11H19N3/c1-3-11(5-4-6-12)14-9-7-13(2)8-10-14/h4-5,11H,3,7-10H2,1-2H3. The Morgan fingerprint density at radius 2 is 2.00 bits per heavy atom. The molecular weight excluding hydrogens is 174 g/mol. The normalized spacial score (nSPS) is 22.4. The second-order valence-electron chi connectivity index (χ2n) is 3.80. The van der Waals surface area contributed by atoms with Gasteiger partial charge in [0.2, 0.25) is 0 Å². The summed E-state index contributed by atoms with van der Waals surface area (Å²) in [6, 6.07) is 2.51. The number of hydrogen-bond donors (Lipinski definition) is 0. The molecular formula is C11H19N3. The third kappa shape index (κ3) is 3.13.